The molecule has 0 bridgehead atoms. The van der Waals surface area contributed by atoms with Crippen molar-refractivity contribution >= 4 is 32.8 Å². The van der Waals surface area contributed by atoms with Crippen LogP contribution in [0.2, 0.25) is 0 Å². The molecule has 0 saturated heterocycles. The summed E-state index contributed by atoms with van der Waals surface area (Å²) in [6.07, 6.45) is 0.779. The first kappa shape index (κ1) is 16.7. The van der Waals surface area contributed by atoms with E-state index in [1.807, 2.05) is 62.4 Å². The van der Waals surface area contributed by atoms with Crippen LogP contribution in [0.15, 0.2) is 53.0 Å². The molecular formula is C20H18BrNO2. The lowest BCUT2D eigenvalue weighted by atomic mass is 10.0. The smallest absolute Gasteiger partial charge is 0.339 e. The zero-order valence-corrected chi connectivity index (χ0v) is 15.3. The van der Waals surface area contributed by atoms with Crippen LogP contribution in [0.1, 0.15) is 34.1 Å². The van der Waals surface area contributed by atoms with Gasteiger partial charge in [0, 0.05) is 21.1 Å². The molecule has 3 aromatic rings. The zero-order valence-electron chi connectivity index (χ0n) is 13.7. The highest BCUT2D eigenvalue weighted by Gasteiger charge is 2.18. The molecule has 2 aromatic carbocycles. The van der Waals surface area contributed by atoms with Crippen LogP contribution in [0.5, 0.6) is 0 Å². The molecule has 0 atom stereocenters. The minimum atomic E-state index is -0.309. The predicted octanol–water partition coefficient (Wildman–Crippen LogP) is 5.23. The Morgan fingerprint density at radius 2 is 1.83 bits per heavy atom. The summed E-state index contributed by atoms with van der Waals surface area (Å²) in [6, 6.07) is 15.4. The molecule has 0 N–H and O–H groups in total. The summed E-state index contributed by atoms with van der Waals surface area (Å²) in [7, 11) is 0. The fraction of sp³-hybridized carbons (Fsp3) is 0.200. The van der Waals surface area contributed by atoms with Crippen LogP contribution in [-0.2, 0) is 17.8 Å². The maximum absolute atomic E-state index is 12.8. The normalized spacial score (nSPS) is 10.8. The molecule has 122 valence electrons. The molecule has 24 heavy (non-hydrogen) atoms. The number of fused-ring (bicyclic) bond motifs is 1. The van der Waals surface area contributed by atoms with Crippen LogP contribution in [0.4, 0.5) is 0 Å². The maximum atomic E-state index is 12.8. The second-order valence-corrected chi connectivity index (χ2v) is 6.45. The molecule has 3 rings (SSSR count). The van der Waals surface area contributed by atoms with Crippen molar-refractivity contribution < 1.29 is 9.53 Å². The predicted molar refractivity (Wildman–Crippen MR) is 99.1 cm³/mol. The van der Waals surface area contributed by atoms with Crippen molar-refractivity contribution in [3.8, 4) is 0 Å². The largest absolute Gasteiger partial charge is 0.457 e. The molecule has 0 saturated carbocycles. The van der Waals surface area contributed by atoms with Crippen LogP contribution < -0.4 is 0 Å². The van der Waals surface area contributed by atoms with E-state index in [1.165, 1.54) is 0 Å². The van der Waals surface area contributed by atoms with E-state index in [9.17, 15) is 4.79 Å². The standard InChI is InChI=1S/C20H18BrNO2/c1-3-17-13(2)19(15-9-5-7-11-18(15)22-17)20(23)24-12-14-8-4-6-10-16(14)21/h4-11H,3,12H2,1-2H3. The van der Waals surface area contributed by atoms with Gasteiger partial charge < -0.3 is 4.74 Å². The van der Waals surface area contributed by atoms with Crippen LogP contribution in [0.3, 0.4) is 0 Å². The number of carbonyl (C=O) groups excluding carboxylic acids is 1. The molecule has 1 heterocycles. The van der Waals surface area contributed by atoms with Crippen molar-refractivity contribution in [3.05, 3.63) is 75.4 Å². The van der Waals surface area contributed by atoms with Crippen molar-refractivity contribution in [3.63, 3.8) is 0 Å². The third-order valence-corrected chi connectivity index (χ3v) is 4.87. The molecule has 0 unspecified atom stereocenters. The van der Waals surface area contributed by atoms with Crippen molar-refractivity contribution in [1.82, 2.24) is 4.98 Å². The Morgan fingerprint density at radius 1 is 1.12 bits per heavy atom. The van der Waals surface area contributed by atoms with Crippen LogP contribution in [-0.4, -0.2) is 11.0 Å². The Bertz CT molecular complexity index is 905. The van der Waals surface area contributed by atoms with Gasteiger partial charge in [0.25, 0.3) is 0 Å². The summed E-state index contributed by atoms with van der Waals surface area (Å²) in [4.78, 5) is 17.4. The number of carbonyl (C=O) groups is 1. The van der Waals surface area contributed by atoms with Gasteiger partial charge in [-0.2, -0.15) is 0 Å². The molecule has 0 radical (unpaired) electrons. The highest BCUT2D eigenvalue weighted by atomic mass is 79.9. The van der Waals surface area contributed by atoms with Gasteiger partial charge in [0.15, 0.2) is 0 Å². The van der Waals surface area contributed by atoms with Gasteiger partial charge in [0.05, 0.1) is 11.1 Å². The van der Waals surface area contributed by atoms with Gasteiger partial charge in [0.2, 0.25) is 0 Å². The summed E-state index contributed by atoms with van der Waals surface area (Å²) in [5.74, 6) is -0.309. The van der Waals surface area contributed by atoms with Crippen molar-refractivity contribution in [1.29, 1.82) is 0 Å². The number of ether oxygens (including phenoxy) is 1. The highest BCUT2D eigenvalue weighted by Crippen LogP contribution is 2.25. The second kappa shape index (κ2) is 7.14. The summed E-state index contributed by atoms with van der Waals surface area (Å²) < 4.78 is 6.52. The van der Waals surface area contributed by atoms with Gasteiger partial charge in [-0.05, 0) is 31.0 Å². The fourth-order valence-electron chi connectivity index (χ4n) is 2.80. The Kier molecular flexibility index (Phi) is 4.95. The van der Waals surface area contributed by atoms with Crippen LogP contribution >= 0.6 is 15.9 Å². The van der Waals surface area contributed by atoms with Crippen molar-refractivity contribution in [2.24, 2.45) is 0 Å². The molecule has 4 heteroatoms. The molecule has 0 amide bonds. The fourth-order valence-corrected chi connectivity index (χ4v) is 3.20. The molecule has 0 aliphatic rings. The van der Waals surface area contributed by atoms with E-state index >= 15 is 0 Å². The van der Waals surface area contributed by atoms with E-state index in [2.05, 4.69) is 20.9 Å². The van der Waals surface area contributed by atoms with Crippen molar-refractivity contribution in [2.45, 2.75) is 26.9 Å². The lowest BCUT2D eigenvalue weighted by Crippen LogP contribution is -2.11. The number of halogens is 1. The van der Waals surface area contributed by atoms with Gasteiger partial charge in [0.1, 0.15) is 6.61 Å². The first-order valence-corrected chi connectivity index (χ1v) is 8.70. The third-order valence-electron chi connectivity index (χ3n) is 4.09. The number of esters is 1. The summed E-state index contributed by atoms with van der Waals surface area (Å²) in [5, 5.41) is 0.837. The number of nitrogens with zero attached hydrogens (tertiary/aromatic N) is 1. The number of hydrogen-bond donors (Lipinski definition) is 0. The first-order chi connectivity index (χ1) is 11.6. The van der Waals surface area contributed by atoms with Gasteiger partial charge in [-0.15, -0.1) is 0 Å². The van der Waals surface area contributed by atoms with E-state index in [0.29, 0.717) is 5.56 Å². The molecule has 0 spiro atoms. The molecule has 0 aliphatic heterocycles. The summed E-state index contributed by atoms with van der Waals surface area (Å²) >= 11 is 3.48. The Balaban J connectivity index is 1.97. The van der Waals surface area contributed by atoms with E-state index in [4.69, 9.17) is 4.74 Å². The number of para-hydroxylation sites is 1. The minimum Gasteiger partial charge on any atom is -0.457 e. The SMILES string of the molecule is CCc1nc2ccccc2c(C(=O)OCc2ccccc2Br)c1C. The van der Waals surface area contributed by atoms with Crippen LogP contribution in [0.25, 0.3) is 10.9 Å². The number of aryl methyl sites for hydroxylation is 1. The molecule has 0 aliphatic carbocycles. The number of pyridine rings is 1. The molecule has 0 fully saturated rings. The number of benzene rings is 2. The van der Waals surface area contributed by atoms with Gasteiger partial charge >= 0.3 is 5.97 Å². The summed E-state index contributed by atoms with van der Waals surface area (Å²) in [6.45, 7) is 4.21. The third kappa shape index (κ3) is 3.20. The molecule has 1 aromatic heterocycles. The summed E-state index contributed by atoms with van der Waals surface area (Å²) in [5.41, 5.74) is 4.21. The average molecular weight is 384 g/mol. The zero-order chi connectivity index (χ0) is 17.1. The van der Waals surface area contributed by atoms with E-state index < -0.39 is 0 Å². The van der Waals surface area contributed by atoms with Gasteiger partial charge in [-0.25, -0.2) is 4.79 Å². The van der Waals surface area contributed by atoms with E-state index in [0.717, 1.165) is 38.6 Å². The molecular weight excluding hydrogens is 366 g/mol. The topological polar surface area (TPSA) is 39.2 Å². The molecule has 3 nitrogen and oxygen atoms in total. The Hall–Kier alpha value is -2.20. The number of hydrogen-bond acceptors (Lipinski definition) is 3. The number of rotatable bonds is 4. The first-order valence-electron chi connectivity index (χ1n) is 7.90. The van der Waals surface area contributed by atoms with Crippen LogP contribution in [0, 0.1) is 6.92 Å². The van der Waals surface area contributed by atoms with Crippen molar-refractivity contribution in [2.75, 3.05) is 0 Å². The Labute approximate surface area is 149 Å². The van der Waals surface area contributed by atoms with E-state index in [1.54, 1.807) is 0 Å². The lowest BCUT2D eigenvalue weighted by Gasteiger charge is -2.13. The minimum absolute atomic E-state index is 0.234. The van der Waals surface area contributed by atoms with E-state index in [-0.39, 0.29) is 12.6 Å². The maximum Gasteiger partial charge on any atom is 0.339 e. The highest BCUT2D eigenvalue weighted by molar-refractivity contribution is 9.10. The monoisotopic (exact) mass is 383 g/mol. The lowest BCUT2D eigenvalue weighted by molar-refractivity contribution is 0.0473. The van der Waals surface area contributed by atoms with Gasteiger partial charge in [-0.3, -0.25) is 4.98 Å². The number of aromatic nitrogens is 1. The second-order valence-electron chi connectivity index (χ2n) is 5.60. The average Bonchev–Trinajstić information content (AvgIpc) is 2.60. The Morgan fingerprint density at radius 3 is 2.58 bits per heavy atom. The quantitative estimate of drug-likeness (QED) is 0.579. The van der Waals surface area contributed by atoms with Gasteiger partial charge in [-0.1, -0.05) is 59.3 Å².